The van der Waals surface area contributed by atoms with Crippen molar-refractivity contribution in [3.05, 3.63) is 0 Å². The predicted octanol–water partition coefficient (Wildman–Crippen LogP) is -0.161. The molecule has 0 heterocycles. The molecule has 0 N–H and O–H groups in total. The minimum Gasteiger partial charge on any atom is -1.00 e. The van der Waals surface area contributed by atoms with Crippen molar-refractivity contribution in [2.75, 3.05) is 0 Å². The molecule has 0 aromatic heterocycles. The molecule has 0 aliphatic carbocycles. The van der Waals surface area contributed by atoms with Crippen LogP contribution in [0.4, 0.5) is 0 Å². The van der Waals surface area contributed by atoms with Crippen LogP contribution in [-0.4, -0.2) is 48.9 Å². The van der Waals surface area contributed by atoms with Crippen LogP contribution >= 0.6 is 0 Å². The van der Waals surface area contributed by atoms with E-state index in [1.807, 2.05) is 0 Å². The van der Waals surface area contributed by atoms with Gasteiger partial charge in [0.2, 0.25) is 0 Å². The minimum absolute atomic E-state index is 0. The van der Waals surface area contributed by atoms with Gasteiger partial charge in [0, 0.05) is 70.0 Å². The second-order valence-electron chi connectivity index (χ2n) is 0. The van der Waals surface area contributed by atoms with Gasteiger partial charge in [-0.15, -0.1) is 0 Å². The van der Waals surface area contributed by atoms with Gasteiger partial charge < -0.3 is 2.85 Å². The molecule has 0 aromatic rings. The van der Waals surface area contributed by atoms with E-state index in [0.29, 0.717) is 0 Å². The van der Waals surface area contributed by atoms with Gasteiger partial charge in [0.25, 0.3) is 0 Å². The summed E-state index contributed by atoms with van der Waals surface area (Å²) in [5, 5.41) is 0. The number of hydrogen-bond acceptors (Lipinski definition) is 0. The van der Waals surface area contributed by atoms with Gasteiger partial charge in [0.1, 0.15) is 0 Å². The molecule has 0 aliphatic rings. The molecule has 0 aromatic carbocycles. The van der Waals surface area contributed by atoms with E-state index >= 15 is 0 Å². The molecule has 0 fully saturated rings. The van der Waals surface area contributed by atoms with Crippen LogP contribution in [0.1, 0.15) is 2.85 Å². The third-order valence-electron chi connectivity index (χ3n) is 0. The predicted molar refractivity (Wildman–Crippen MR) is 7.98 cm³/mol. The Morgan fingerprint density at radius 2 is 1.25 bits per heavy atom. The molecule has 24 valence electrons. The molecule has 0 aliphatic heterocycles. The Kier molecular flexibility index (Phi) is 98.7. The summed E-state index contributed by atoms with van der Waals surface area (Å²) < 4.78 is 0. The molecule has 0 spiro atoms. The third kappa shape index (κ3) is 9.26. The van der Waals surface area contributed by atoms with Crippen LogP contribution in [0.15, 0.2) is 0 Å². The number of hydrogen-bond donors (Lipinski definition) is 0. The molecule has 0 unspecified atom stereocenters. The van der Waals surface area contributed by atoms with E-state index in [-0.39, 0.29) is 122 Å². The van der Waals surface area contributed by atoms with E-state index in [0.717, 1.165) is 0 Å². The average Bonchev–Trinajstić information content (AvgIpc) is 0. The quantitative estimate of drug-likeness (QED) is 0.502. The molecule has 4 heavy (non-hydrogen) atoms. The van der Waals surface area contributed by atoms with Crippen LogP contribution in [0.3, 0.4) is 0 Å². The van der Waals surface area contributed by atoms with E-state index in [4.69, 9.17) is 0 Å². The summed E-state index contributed by atoms with van der Waals surface area (Å²) in [6.45, 7) is 0. The molecule has 0 rings (SSSR count). The molecule has 4 heteroatoms. The van der Waals surface area contributed by atoms with Crippen LogP contribution in [-0.2, 0) is 34.4 Å². The standard InChI is InChI=1S/Ba.Cr.Cu.La.2H/q+2;;;;2*-1. The first-order valence-electron chi connectivity index (χ1n) is 0. The van der Waals surface area contributed by atoms with Crippen LogP contribution in [0.2, 0.25) is 0 Å². The molecule has 0 saturated carbocycles. The maximum absolute atomic E-state index is 0. The van der Waals surface area contributed by atoms with Gasteiger partial charge in [-0.1, -0.05) is 0 Å². The summed E-state index contributed by atoms with van der Waals surface area (Å²) >= 11 is 0. The van der Waals surface area contributed by atoms with Gasteiger partial charge in [0.15, 0.2) is 0 Å². The second kappa shape index (κ2) is 15.8. The van der Waals surface area contributed by atoms with Crippen LogP contribution < -0.4 is 0 Å². The molecule has 0 bridgehead atoms. The molecule has 0 nitrogen and oxygen atoms in total. The Labute approximate surface area is 118 Å². The summed E-state index contributed by atoms with van der Waals surface area (Å²) in [5.74, 6) is 0. The molecule has 2 radical (unpaired) electrons. The fourth-order valence-corrected chi connectivity index (χ4v) is 0. The smallest absolute Gasteiger partial charge is 1.00 e. The van der Waals surface area contributed by atoms with E-state index in [1.54, 1.807) is 0 Å². The van der Waals surface area contributed by atoms with Gasteiger partial charge >= 0.3 is 48.9 Å². The van der Waals surface area contributed by atoms with Crippen molar-refractivity contribution in [2.45, 2.75) is 0 Å². The SMILES string of the molecule is [Ba+2].[Cr].[Cu].[H-].[H-].[La]. The Hall–Kier alpha value is 3.82. The summed E-state index contributed by atoms with van der Waals surface area (Å²) in [7, 11) is 0. The first kappa shape index (κ1) is 24.9. The zero-order valence-corrected chi connectivity index (χ0v) is 12.3. The van der Waals surface area contributed by atoms with Gasteiger partial charge in [-0.2, -0.15) is 0 Å². The monoisotopic (exact) mass is 394 g/mol. The van der Waals surface area contributed by atoms with E-state index < -0.39 is 0 Å². The summed E-state index contributed by atoms with van der Waals surface area (Å²) in [5.41, 5.74) is 0. The fourth-order valence-electron chi connectivity index (χ4n) is 0. The topological polar surface area (TPSA) is 0 Å². The van der Waals surface area contributed by atoms with E-state index in [9.17, 15) is 0 Å². The zero-order chi connectivity index (χ0) is 0. The maximum atomic E-state index is 0. The van der Waals surface area contributed by atoms with Gasteiger partial charge in [0.05, 0.1) is 0 Å². The largest absolute Gasteiger partial charge is 2.00 e. The maximum Gasteiger partial charge on any atom is 2.00 e. The Morgan fingerprint density at radius 3 is 1.25 bits per heavy atom. The van der Waals surface area contributed by atoms with Crippen molar-refractivity contribution < 1.29 is 72.9 Å². The zero-order valence-electron chi connectivity index (χ0n) is 3.99. The molecule has 0 saturated heterocycles. The van der Waals surface area contributed by atoms with E-state index in [1.165, 1.54) is 0 Å². The van der Waals surface area contributed by atoms with Gasteiger partial charge in [-0.3, -0.25) is 0 Å². The minimum atomic E-state index is 0. The van der Waals surface area contributed by atoms with Crippen molar-refractivity contribution in [3.63, 3.8) is 0 Å². The van der Waals surface area contributed by atoms with Crippen LogP contribution in [0, 0.1) is 35.6 Å². The average molecular weight is 394 g/mol. The number of rotatable bonds is 0. The molecular formula is H2BaCrCuLa. The summed E-state index contributed by atoms with van der Waals surface area (Å²) in [4.78, 5) is 0. The Bertz CT molecular complexity index is 13.5. The van der Waals surface area contributed by atoms with E-state index in [2.05, 4.69) is 0 Å². The van der Waals surface area contributed by atoms with Crippen molar-refractivity contribution in [1.82, 2.24) is 0 Å². The molecular weight excluding hydrogens is 392 g/mol. The summed E-state index contributed by atoms with van der Waals surface area (Å²) in [6.07, 6.45) is 0. The fraction of sp³-hybridized carbons (Fsp3) is 0. The van der Waals surface area contributed by atoms with Gasteiger partial charge in [-0.05, 0) is 0 Å². The Balaban J connectivity index is 0. The van der Waals surface area contributed by atoms with Crippen molar-refractivity contribution in [3.8, 4) is 0 Å². The third-order valence-corrected chi connectivity index (χ3v) is 0. The summed E-state index contributed by atoms with van der Waals surface area (Å²) in [6, 6.07) is 0. The first-order valence-corrected chi connectivity index (χ1v) is 0. The first-order chi connectivity index (χ1) is 0. The normalized spacial score (nSPS) is 0. The van der Waals surface area contributed by atoms with Crippen molar-refractivity contribution in [2.24, 2.45) is 0 Å². The van der Waals surface area contributed by atoms with Crippen molar-refractivity contribution in [1.29, 1.82) is 0 Å². The van der Waals surface area contributed by atoms with Crippen LogP contribution in [0.25, 0.3) is 0 Å². The molecule has 0 atom stereocenters. The van der Waals surface area contributed by atoms with Crippen LogP contribution in [0.5, 0.6) is 0 Å². The Morgan fingerprint density at radius 1 is 1.25 bits per heavy atom. The molecule has 0 amide bonds. The van der Waals surface area contributed by atoms with Crippen molar-refractivity contribution >= 4 is 48.9 Å². The second-order valence-corrected chi connectivity index (χ2v) is 0. The van der Waals surface area contributed by atoms with Gasteiger partial charge in [-0.25, -0.2) is 0 Å².